The number of nitrogens with zero attached hydrogens (tertiary/aromatic N) is 2. The molecule has 9 heteroatoms. The Bertz CT molecular complexity index is 1420. The van der Waals surface area contributed by atoms with Gasteiger partial charge in [-0.05, 0) is 36.4 Å². The van der Waals surface area contributed by atoms with Crippen molar-refractivity contribution < 1.29 is 27.5 Å². The highest BCUT2D eigenvalue weighted by Crippen LogP contribution is 2.33. The van der Waals surface area contributed by atoms with Crippen LogP contribution in [0, 0.1) is 11.6 Å². The molecule has 1 aromatic heterocycles. The highest BCUT2D eigenvalue weighted by molar-refractivity contribution is 6.14. The lowest BCUT2D eigenvalue weighted by molar-refractivity contribution is 0.0718. The van der Waals surface area contributed by atoms with Gasteiger partial charge in [-0.2, -0.15) is 0 Å². The molecule has 4 aromatic rings. The maximum absolute atomic E-state index is 14.2. The van der Waals surface area contributed by atoms with Crippen LogP contribution in [-0.4, -0.2) is 50.0 Å². The van der Waals surface area contributed by atoms with Crippen molar-refractivity contribution in [1.82, 2.24) is 4.90 Å². The van der Waals surface area contributed by atoms with Gasteiger partial charge < -0.3 is 24.3 Å². The molecular weight excluding hydrogens is 468 g/mol. The van der Waals surface area contributed by atoms with E-state index in [1.54, 1.807) is 36.3 Å². The second-order valence-electron chi connectivity index (χ2n) is 8.30. The molecule has 0 unspecified atom stereocenters. The number of furan rings is 1. The molecule has 0 saturated carbocycles. The summed E-state index contributed by atoms with van der Waals surface area (Å²) >= 11 is 0. The number of methoxy groups -OCH3 is 1. The highest BCUT2D eigenvalue weighted by Gasteiger charge is 2.30. The summed E-state index contributed by atoms with van der Waals surface area (Å²) in [5.74, 6) is -2.77. The number of benzene rings is 3. The van der Waals surface area contributed by atoms with Crippen LogP contribution in [0.4, 0.5) is 20.2 Å². The lowest BCUT2D eigenvalue weighted by atomic mass is 10.1. The van der Waals surface area contributed by atoms with Gasteiger partial charge in [0.05, 0.1) is 12.8 Å². The highest BCUT2D eigenvalue weighted by atomic mass is 19.1. The fourth-order valence-corrected chi connectivity index (χ4v) is 4.40. The van der Waals surface area contributed by atoms with Crippen molar-refractivity contribution in [3.8, 4) is 5.75 Å². The molecule has 184 valence electrons. The van der Waals surface area contributed by atoms with E-state index in [4.69, 9.17) is 9.15 Å². The average Bonchev–Trinajstić information content (AvgIpc) is 3.26. The van der Waals surface area contributed by atoms with Crippen LogP contribution in [0.1, 0.15) is 20.9 Å². The van der Waals surface area contributed by atoms with Gasteiger partial charge in [0.15, 0.2) is 0 Å². The Morgan fingerprint density at radius 1 is 0.889 bits per heavy atom. The van der Waals surface area contributed by atoms with Crippen molar-refractivity contribution in [2.75, 3.05) is 43.5 Å². The molecule has 1 aliphatic rings. The molecule has 1 fully saturated rings. The Morgan fingerprint density at radius 2 is 1.56 bits per heavy atom. The van der Waals surface area contributed by atoms with E-state index in [9.17, 15) is 18.4 Å². The third kappa shape index (κ3) is 4.24. The molecule has 2 heterocycles. The van der Waals surface area contributed by atoms with Crippen LogP contribution in [0.25, 0.3) is 11.0 Å². The normalized spacial score (nSPS) is 13.6. The summed E-state index contributed by atoms with van der Waals surface area (Å²) in [5, 5.41) is 2.97. The molecule has 0 atom stereocenters. The first-order valence-electron chi connectivity index (χ1n) is 11.4. The van der Waals surface area contributed by atoms with Gasteiger partial charge >= 0.3 is 0 Å². The molecule has 1 N–H and O–H groups in total. The number of carbonyl (C=O) groups is 2. The summed E-state index contributed by atoms with van der Waals surface area (Å²) in [6.07, 6.45) is 0. The molecule has 1 saturated heterocycles. The molecular formula is C27H23F2N3O4. The van der Waals surface area contributed by atoms with E-state index in [0.29, 0.717) is 37.1 Å². The number of para-hydroxylation sites is 3. The maximum atomic E-state index is 14.2. The molecule has 0 bridgehead atoms. The molecule has 0 spiro atoms. The van der Waals surface area contributed by atoms with Crippen molar-refractivity contribution in [2.45, 2.75) is 0 Å². The predicted molar refractivity (Wildman–Crippen MR) is 132 cm³/mol. The van der Waals surface area contributed by atoms with Crippen molar-refractivity contribution >= 4 is 34.2 Å². The van der Waals surface area contributed by atoms with E-state index in [1.807, 2.05) is 24.3 Å². The zero-order valence-electron chi connectivity index (χ0n) is 19.5. The van der Waals surface area contributed by atoms with E-state index in [-0.39, 0.29) is 11.4 Å². The Balaban J connectivity index is 1.41. The Labute approximate surface area is 205 Å². The van der Waals surface area contributed by atoms with Crippen molar-refractivity contribution in [2.24, 2.45) is 0 Å². The second kappa shape index (κ2) is 9.69. The topological polar surface area (TPSA) is 75.0 Å². The molecule has 0 radical (unpaired) electrons. The van der Waals surface area contributed by atoms with E-state index >= 15 is 0 Å². The van der Waals surface area contributed by atoms with Gasteiger partial charge in [0.2, 0.25) is 5.76 Å². The van der Waals surface area contributed by atoms with Crippen LogP contribution in [0.2, 0.25) is 0 Å². The molecule has 2 amide bonds. The van der Waals surface area contributed by atoms with Crippen LogP contribution in [0.3, 0.4) is 0 Å². The van der Waals surface area contributed by atoms with Gasteiger partial charge in [-0.25, -0.2) is 8.78 Å². The fraction of sp³-hybridized carbons (Fsp3) is 0.185. The molecule has 36 heavy (non-hydrogen) atoms. The predicted octanol–water partition coefficient (Wildman–Crippen LogP) is 4.93. The van der Waals surface area contributed by atoms with Gasteiger partial charge in [-0.3, -0.25) is 9.59 Å². The van der Waals surface area contributed by atoms with Crippen LogP contribution >= 0.6 is 0 Å². The number of carbonyl (C=O) groups excluding carboxylic acids is 2. The fourth-order valence-electron chi connectivity index (χ4n) is 4.40. The number of rotatable bonds is 5. The molecule has 3 aromatic carbocycles. The van der Waals surface area contributed by atoms with Crippen molar-refractivity contribution in [3.63, 3.8) is 0 Å². The van der Waals surface area contributed by atoms with Crippen LogP contribution in [-0.2, 0) is 0 Å². The minimum Gasteiger partial charge on any atom is -0.495 e. The number of hydrogen-bond acceptors (Lipinski definition) is 5. The van der Waals surface area contributed by atoms with Gasteiger partial charge in [-0.15, -0.1) is 0 Å². The summed E-state index contributed by atoms with van der Waals surface area (Å²) in [5.41, 5.74) is 0.663. The molecule has 5 rings (SSSR count). The number of piperazine rings is 1. The number of ether oxygens (including phenoxy) is 1. The third-order valence-corrected chi connectivity index (χ3v) is 6.21. The van der Waals surface area contributed by atoms with Crippen LogP contribution in [0.5, 0.6) is 5.75 Å². The number of anilines is 2. The van der Waals surface area contributed by atoms with E-state index in [1.165, 1.54) is 6.07 Å². The summed E-state index contributed by atoms with van der Waals surface area (Å²) in [4.78, 5) is 30.1. The van der Waals surface area contributed by atoms with Gasteiger partial charge in [0.1, 0.15) is 34.2 Å². The third-order valence-electron chi connectivity index (χ3n) is 6.21. The SMILES string of the molecule is COc1ccccc1N1CCN(C(=O)c2oc3ccccc3c2NC(=O)c2c(F)cccc2F)CC1. The zero-order valence-corrected chi connectivity index (χ0v) is 19.5. The number of amides is 2. The first-order chi connectivity index (χ1) is 17.5. The Kier molecular flexibility index (Phi) is 6.28. The monoisotopic (exact) mass is 491 g/mol. The first-order valence-corrected chi connectivity index (χ1v) is 11.4. The Morgan fingerprint density at radius 3 is 2.28 bits per heavy atom. The maximum Gasteiger partial charge on any atom is 0.291 e. The summed E-state index contributed by atoms with van der Waals surface area (Å²) < 4.78 is 39.7. The first kappa shape index (κ1) is 23.3. The largest absolute Gasteiger partial charge is 0.495 e. The van der Waals surface area contributed by atoms with E-state index in [2.05, 4.69) is 10.2 Å². The van der Waals surface area contributed by atoms with Crippen LogP contribution < -0.4 is 15.0 Å². The Hall–Kier alpha value is -4.40. The van der Waals surface area contributed by atoms with Gasteiger partial charge in [-0.1, -0.05) is 30.3 Å². The number of hydrogen-bond donors (Lipinski definition) is 1. The van der Waals surface area contributed by atoms with Gasteiger partial charge in [0, 0.05) is 31.6 Å². The van der Waals surface area contributed by atoms with E-state index in [0.717, 1.165) is 23.6 Å². The zero-order chi connectivity index (χ0) is 25.2. The lowest BCUT2D eigenvalue weighted by Gasteiger charge is -2.36. The number of fused-ring (bicyclic) bond motifs is 1. The number of nitrogens with one attached hydrogen (secondary N) is 1. The minimum absolute atomic E-state index is 0.0791. The summed E-state index contributed by atoms with van der Waals surface area (Å²) in [6.45, 7) is 1.94. The van der Waals surface area contributed by atoms with Crippen molar-refractivity contribution in [1.29, 1.82) is 0 Å². The number of halogens is 2. The second-order valence-corrected chi connectivity index (χ2v) is 8.30. The van der Waals surface area contributed by atoms with Crippen molar-refractivity contribution in [3.05, 3.63) is 89.7 Å². The lowest BCUT2D eigenvalue weighted by Crippen LogP contribution is -2.49. The van der Waals surface area contributed by atoms with E-state index < -0.39 is 29.0 Å². The van der Waals surface area contributed by atoms with Gasteiger partial charge in [0.25, 0.3) is 11.8 Å². The summed E-state index contributed by atoms with van der Waals surface area (Å²) in [6, 6.07) is 17.6. The van der Waals surface area contributed by atoms with Crippen LogP contribution in [0.15, 0.2) is 71.1 Å². The smallest absolute Gasteiger partial charge is 0.291 e. The quantitative estimate of drug-likeness (QED) is 0.428. The molecule has 1 aliphatic heterocycles. The summed E-state index contributed by atoms with van der Waals surface area (Å²) in [7, 11) is 1.61. The molecule has 7 nitrogen and oxygen atoms in total. The average molecular weight is 491 g/mol. The standard InChI is InChI=1S/C27H23F2N3O4/c1-35-22-12-5-3-10-20(22)31-13-15-32(16-14-31)27(34)25-24(17-7-2-4-11-21(17)36-25)30-26(33)23-18(28)8-6-9-19(23)29/h2-12H,13-16H2,1H3,(H,30,33). The molecule has 0 aliphatic carbocycles. The minimum atomic E-state index is -1.01.